The summed E-state index contributed by atoms with van der Waals surface area (Å²) in [6.07, 6.45) is 4.97. The number of nitrogens with zero attached hydrogens (tertiary/aromatic N) is 4. The van der Waals surface area contributed by atoms with Gasteiger partial charge in [-0.25, -0.2) is 4.98 Å². The predicted molar refractivity (Wildman–Crippen MR) is 163 cm³/mol. The summed E-state index contributed by atoms with van der Waals surface area (Å²) < 4.78 is 20.0. The summed E-state index contributed by atoms with van der Waals surface area (Å²) in [6.45, 7) is 1.21. The van der Waals surface area contributed by atoms with Crippen LogP contribution in [0.15, 0.2) is 48.5 Å². The molecule has 3 aliphatic rings. The van der Waals surface area contributed by atoms with E-state index in [0.29, 0.717) is 43.0 Å². The van der Waals surface area contributed by atoms with Gasteiger partial charge in [-0.1, -0.05) is 43.2 Å². The molecule has 10 heteroatoms. The molecule has 2 atom stereocenters. The smallest absolute Gasteiger partial charge is 0.225 e. The molecule has 0 bridgehead atoms. The Labute approximate surface area is 246 Å². The molecule has 3 fully saturated rings. The third-order valence-corrected chi connectivity index (χ3v) is 11.4. The molecule has 2 heterocycles. The summed E-state index contributed by atoms with van der Waals surface area (Å²) in [7, 11) is -2.47. The fourth-order valence-corrected chi connectivity index (χ4v) is 8.38. The third-order valence-electron chi connectivity index (χ3n) is 8.58. The first-order valence-electron chi connectivity index (χ1n) is 14.1. The van der Waals surface area contributed by atoms with Crippen LogP contribution in [0.5, 0.6) is 0 Å². The summed E-state index contributed by atoms with van der Waals surface area (Å²) in [5.41, 5.74) is 3.56. The van der Waals surface area contributed by atoms with Gasteiger partial charge in [0, 0.05) is 36.2 Å². The molecule has 0 spiro atoms. The van der Waals surface area contributed by atoms with Crippen molar-refractivity contribution in [3.05, 3.63) is 59.8 Å². The van der Waals surface area contributed by atoms with Crippen molar-refractivity contribution in [2.24, 2.45) is 5.92 Å². The van der Waals surface area contributed by atoms with E-state index in [1.54, 1.807) is 17.4 Å². The van der Waals surface area contributed by atoms with Crippen LogP contribution in [0.4, 0.5) is 5.69 Å². The molecule has 2 aromatic carbocycles. The zero-order valence-electron chi connectivity index (χ0n) is 22.8. The molecule has 0 unspecified atom stereocenters. The normalized spacial score (nSPS) is 23.6. The average molecular weight is 588 g/mol. The van der Waals surface area contributed by atoms with Gasteiger partial charge in [0.25, 0.3) is 0 Å². The first-order chi connectivity index (χ1) is 19.8. The van der Waals surface area contributed by atoms with Crippen molar-refractivity contribution in [2.45, 2.75) is 50.0 Å². The molecule has 1 aromatic heterocycles. The van der Waals surface area contributed by atoms with Crippen molar-refractivity contribution >= 4 is 33.5 Å². The van der Waals surface area contributed by atoms with Crippen molar-refractivity contribution in [1.29, 1.82) is 10.5 Å². The van der Waals surface area contributed by atoms with Gasteiger partial charge in [-0.3, -0.25) is 13.9 Å². The number of amides is 1. The number of benzene rings is 2. The van der Waals surface area contributed by atoms with Gasteiger partial charge in [0.15, 0.2) is 0 Å². The first kappa shape index (κ1) is 27.7. The fraction of sp³-hybridized carbons (Fsp3) is 0.419. The third kappa shape index (κ3) is 5.71. The van der Waals surface area contributed by atoms with E-state index in [4.69, 9.17) is 4.98 Å². The number of thiazole rings is 1. The summed E-state index contributed by atoms with van der Waals surface area (Å²) in [4.78, 5) is 21.8. The van der Waals surface area contributed by atoms with Crippen LogP contribution in [0, 0.1) is 28.6 Å². The average Bonchev–Trinajstić information content (AvgIpc) is 3.63. The Bertz CT molecular complexity index is 1520. The number of carbonyl (C=O) groups is 1. The van der Waals surface area contributed by atoms with E-state index in [0.717, 1.165) is 58.1 Å². The zero-order chi connectivity index (χ0) is 28.6. The highest BCUT2D eigenvalue weighted by Crippen LogP contribution is 2.47. The minimum Gasteiger partial charge on any atom is -0.368 e. The molecule has 8 nitrogen and oxygen atoms in total. The second kappa shape index (κ2) is 11.1. The Morgan fingerprint density at radius 2 is 1.76 bits per heavy atom. The van der Waals surface area contributed by atoms with Crippen molar-refractivity contribution in [1.82, 2.24) is 10.3 Å². The van der Waals surface area contributed by atoms with Crippen LogP contribution in [0.2, 0.25) is 0 Å². The van der Waals surface area contributed by atoms with Gasteiger partial charge in [-0.15, -0.1) is 11.3 Å². The highest BCUT2D eigenvalue weighted by atomic mass is 32.3. The fourth-order valence-electron chi connectivity index (χ4n) is 5.97. The highest BCUT2D eigenvalue weighted by Gasteiger charge is 2.47. The number of nitrogens with one attached hydrogen (secondary N) is 1. The molecule has 3 aromatic rings. The lowest BCUT2D eigenvalue weighted by Crippen LogP contribution is -2.42. The molecular formula is C31H33N5O3S2. The van der Waals surface area contributed by atoms with Gasteiger partial charge in [-0.05, 0) is 49.4 Å². The minimum atomic E-state index is -2.47. The van der Waals surface area contributed by atoms with Gasteiger partial charge in [0.1, 0.15) is 10.5 Å². The Morgan fingerprint density at radius 1 is 1.05 bits per heavy atom. The van der Waals surface area contributed by atoms with Crippen LogP contribution >= 0.6 is 21.9 Å². The molecule has 41 heavy (non-hydrogen) atoms. The summed E-state index contributed by atoms with van der Waals surface area (Å²) in [5, 5.41) is 23.2. The Kier molecular flexibility index (Phi) is 7.52. The first-order valence-corrected chi connectivity index (χ1v) is 16.8. The minimum absolute atomic E-state index is 0.0573. The summed E-state index contributed by atoms with van der Waals surface area (Å²) in [6, 6.07) is 20.3. The second-order valence-corrected chi connectivity index (χ2v) is 14.7. The molecule has 0 radical (unpaired) electrons. The largest absolute Gasteiger partial charge is 0.368 e. The van der Waals surface area contributed by atoms with Gasteiger partial charge < -0.3 is 10.2 Å². The topological polar surface area (TPSA) is 133 Å². The van der Waals surface area contributed by atoms with Gasteiger partial charge in [0.05, 0.1) is 39.8 Å². The molecule has 2 saturated carbocycles. The van der Waals surface area contributed by atoms with E-state index in [9.17, 15) is 24.4 Å². The molecule has 6 rings (SSSR count). The number of nitriles is 2. The van der Waals surface area contributed by atoms with Crippen molar-refractivity contribution in [3.8, 4) is 33.2 Å². The van der Waals surface area contributed by atoms with Gasteiger partial charge >= 0.3 is 0 Å². The van der Waals surface area contributed by atoms with Gasteiger partial charge in [0.2, 0.25) is 5.91 Å². The standard InChI is InChI=1S/C31H33N5O3S2/c32-19-22-5-1-2-6-24(22)30-34-27(25-7-3-4-8-26(25)29(37)35-31(20-33)13-14-31)28(40-30)21-9-11-23(12-10-21)36-15-17-41(38,39)18-16-36/h1-2,5-6,9-12,25-26,38-39H,3-4,7-8,13-18H2,(H,35,37)/t25-,26-/m1/s1. The maximum atomic E-state index is 13.5. The maximum absolute atomic E-state index is 13.5. The molecule has 2 aliphatic carbocycles. The van der Waals surface area contributed by atoms with Crippen LogP contribution < -0.4 is 10.2 Å². The number of hydrogen-bond acceptors (Lipinski definition) is 8. The van der Waals surface area contributed by atoms with Crippen LogP contribution in [0.3, 0.4) is 0 Å². The lowest BCUT2D eigenvalue weighted by Gasteiger charge is -2.41. The predicted octanol–water partition coefficient (Wildman–Crippen LogP) is 6.37. The monoisotopic (exact) mass is 587 g/mol. The molecular weight excluding hydrogens is 555 g/mol. The number of anilines is 1. The van der Waals surface area contributed by atoms with Crippen molar-refractivity contribution in [2.75, 3.05) is 29.5 Å². The van der Waals surface area contributed by atoms with E-state index in [1.807, 2.05) is 18.2 Å². The van der Waals surface area contributed by atoms with Crippen LogP contribution in [-0.2, 0) is 4.79 Å². The Balaban J connectivity index is 1.37. The maximum Gasteiger partial charge on any atom is 0.225 e. The Morgan fingerprint density at radius 3 is 2.44 bits per heavy atom. The molecule has 212 valence electrons. The van der Waals surface area contributed by atoms with Crippen molar-refractivity contribution < 1.29 is 13.9 Å². The number of aromatic nitrogens is 1. The summed E-state index contributed by atoms with van der Waals surface area (Å²) in [5.74, 6) is 0.362. The van der Waals surface area contributed by atoms with E-state index in [2.05, 4.69) is 46.6 Å². The SMILES string of the molecule is N#Cc1ccccc1-c1nc([C@@H]2CCCC[C@H]2C(=O)NC2(C#N)CC2)c(-c2ccc(N3CCS(O)(O)CC3)cc2)s1. The van der Waals surface area contributed by atoms with Crippen LogP contribution in [0.1, 0.15) is 55.7 Å². The molecule has 1 saturated heterocycles. The van der Waals surface area contributed by atoms with Crippen LogP contribution in [0.25, 0.3) is 21.0 Å². The number of carbonyl (C=O) groups excluding carboxylic acids is 1. The van der Waals surface area contributed by atoms with Crippen LogP contribution in [-0.4, -0.2) is 50.1 Å². The number of rotatable bonds is 6. The zero-order valence-corrected chi connectivity index (χ0v) is 24.4. The Hall–Kier alpha value is -3.41. The lowest BCUT2D eigenvalue weighted by molar-refractivity contribution is -0.127. The quantitative estimate of drug-likeness (QED) is 0.305. The number of hydrogen-bond donors (Lipinski definition) is 3. The van der Waals surface area contributed by atoms with E-state index in [1.165, 1.54) is 0 Å². The van der Waals surface area contributed by atoms with E-state index in [-0.39, 0.29) is 17.7 Å². The molecule has 1 aliphatic heterocycles. The van der Waals surface area contributed by atoms with E-state index >= 15 is 0 Å². The molecule has 1 amide bonds. The van der Waals surface area contributed by atoms with Gasteiger partial charge in [-0.2, -0.15) is 21.1 Å². The molecule has 3 N–H and O–H groups in total. The summed E-state index contributed by atoms with van der Waals surface area (Å²) >= 11 is 1.55. The van der Waals surface area contributed by atoms with Crippen molar-refractivity contribution in [3.63, 3.8) is 0 Å². The van der Waals surface area contributed by atoms with E-state index < -0.39 is 16.1 Å². The lowest BCUT2D eigenvalue weighted by atomic mass is 9.76. The second-order valence-electron chi connectivity index (χ2n) is 11.3. The highest BCUT2D eigenvalue weighted by molar-refractivity contribution is 8.24.